The molecule has 1 aliphatic carbocycles. The predicted octanol–water partition coefficient (Wildman–Crippen LogP) is 9.25. The van der Waals surface area contributed by atoms with Crippen LogP contribution >= 0.6 is 0 Å². The maximum absolute atomic E-state index is 2.45. The lowest BCUT2D eigenvalue weighted by Crippen LogP contribution is -1.95. The van der Waals surface area contributed by atoms with E-state index in [1.165, 1.54) is 71.6 Å². The first-order chi connectivity index (χ1) is 17.4. The van der Waals surface area contributed by atoms with Crippen LogP contribution in [0.15, 0.2) is 127 Å². The molecule has 7 aromatic rings. The van der Waals surface area contributed by atoms with Crippen LogP contribution in [0.5, 0.6) is 0 Å². The van der Waals surface area contributed by atoms with Gasteiger partial charge in [0, 0.05) is 16.2 Å². The van der Waals surface area contributed by atoms with E-state index in [9.17, 15) is 0 Å². The second kappa shape index (κ2) is 6.94. The van der Waals surface area contributed by atoms with Gasteiger partial charge in [-0.05, 0) is 63.0 Å². The standard InChI is InChI=1S/C34H21N/c1-2-9-22(10-3-1)23-17-19-33-30(21-23)26-13-6-7-16-31(26)35(33)32-20-18-28-25-12-5-4-11-24(25)27-14-8-15-29(32)34(27)28/h1-21H. The minimum Gasteiger partial charge on any atom is -0.309 e. The van der Waals surface area contributed by atoms with Crippen molar-refractivity contribution in [2.45, 2.75) is 0 Å². The molecule has 0 aliphatic heterocycles. The zero-order valence-electron chi connectivity index (χ0n) is 19.1. The van der Waals surface area contributed by atoms with Gasteiger partial charge in [-0.3, -0.25) is 0 Å². The van der Waals surface area contributed by atoms with Crippen molar-refractivity contribution in [3.05, 3.63) is 127 Å². The topological polar surface area (TPSA) is 4.93 Å². The molecule has 1 heterocycles. The molecule has 162 valence electrons. The Morgan fingerprint density at radius 1 is 0.371 bits per heavy atom. The number of nitrogens with zero attached hydrogens (tertiary/aromatic N) is 1. The molecule has 6 aromatic carbocycles. The van der Waals surface area contributed by atoms with Crippen LogP contribution in [-0.4, -0.2) is 4.57 Å². The third-order valence-electron chi connectivity index (χ3n) is 7.55. The van der Waals surface area contributed by atoms with Crippen LogP contribution in [0.1, 0.15) is 0 Å². The zero-order valence-corrected chi connectivity index (χ0v) is 19.1. The maximum atomic E-state index is 2.45. The third kappa shape index (κ3) is 2.53. The molecule has 0 amide bonds. The number of hydrogen-bond donors (Lipinski definition) is 0. The van der Waals surface area contributed by atoms with Crippen LogP contribution in [0, 0.1) is 0 Å². The summed E-state index contributed by atoms with van der Waals surface area (Å²) in [6.07, 6.45) is 0. The molecular weight excluding hydrogens is 422 g/mol. The van der Waals surface area contributed by atoms with Gasteiger partial charge in [0.2, 0.25) is 0 Å². The fourth-order valence-corrected chi connectivity index (χ4v) is 6.03. The van der Waals surface area contributed by atoms with Gasteiger partial charge in [-0.1, -0.05) is 103 Å². The molecule has 0 N–H and O–H groups in total. The van der Waals surface area contributed by atoms with Gasteiger partial charge in [0.1, 0.15) is 0 Å². The molecule has 0 bridgehead atoms. The third-order valence-corrected chi connectivity index (χ3v) is 7.55. The Kier molecular flexibility index (Phi) is 3.72. The molecule has 1 nitrogen and oxygen atoms in total. The van der Waals surface area contributed by atoms with E-state index in [-0.39, 0.29) is 0 Å². The van der Waals surface area contributed by atoms with Crippen LogP contribution in [0.25, 0.3) is 71.6 Å². The Labute approximate surface area is 203 Å². The number of fused-ring (bicyclic) bond motifs is 6. The summed E-state index contributed by atoms with van der Waals surface area (Å²) in [5, 5.41) is 5.23. The van der Waals surface area contributed by atoms with Crippen molar-refractivity contribution in [1.82, 2.24) is 4.57 Å². The summed E-state index contributed by atoms with van der Waals surface area (Å²) in [7, 11) is 0. The average Bonchev–Trinajstić information content (AvgIpc) is 3.44. The van der Waals surface area contributed by atoms with Gasteiger partial charge < -0.3 is 4.57 Å². The van der Waals surface area contributed by atoms with E-state index in [2.05, 4.69) is 132 Å². The highest BCUT2D eigenvalue weighted by atomic mass is 15.0. The Hall–Kier alpha value is -4.62. The summed E-state index contributed by atoms with van der Waals surface area (Å²) in [5.74, 6) is 0. The summed E-state index contributed by atoms with van der Waals surface area (Å²) < 4.78 is 2.45. The van der Waals surface area contributed by atoms with Crippen molar-refractivity contribution in [3.8, 4) is 39.1 Å². The first kappa shape index (κ1) is 18.8. The number of para-hydroxylation sites is 1. The number of hydrogen-bond acceptors (Lipinski definition) is 0. The second-order valence-electron chi connectivity index (χ2n) is 9.36. The van der Waals surface area contributed by atoms with Gasteiger partial charge in [0.15, 0.2) is 0 Å². The zero-order chi connectivity index (χ0) is 22.9. The van der Waals surface area contributed by atoms with Crippen molar-refractivity contribution in [3.63, 3.8) is 0 Å². The lowest BCUT2D eigenvalue weighted by atomic mass is 10.0. The first-order valence-electron chi connectivity index (χ1n) is 12.1. The van der Waals surface area contributed by atoms with Crippen molar-refractivity contribution in [2.24, 2.45) is 0 Å². The van der Waals surface area contributed by atoms with E-state index in [4.69, 9.17) is 0 Å². The fraction of sp³-hybridized carbons (Fsp3) is 0. The molecule has 0 spiro atoms. The summed E-state index contributed by atoms with van der Waals surface area (Å²) in [5.41, 5.74) is 11.5. The number of benzene rings is 6. The molecule has 1 aliphatic rings. The Morgan fingerprint density at radius 2 is 1.03 bits per heavy atom. The van der Waals surface area contributed by atoms with E-state index < -0.39 is 0 Å². The van der Waals surface area contributed by atoms with Gasteiger partial charge in [0.25, 0.3) is 0 Å². The van der Waals surface area contributed by atoms with Crippen molar-refractivity contribution >= 4 is 32.6 Å². The SMILES string of the molecule is c1ccc(-c2ccc3c(c2)c2ccccc2n3-c2ccc3c4c(cccc24)-c2ccccc2-3)cc1. The monoisotopic (exact) mass is 443 g/mol. The molecular formula is C34H21N. The highest BCUT2D eigenvalue weighted by molar-refractivity contribution is 6.18. The second-order valence-corrected chi connectivity index (χ2v) is 9.36. The number of rotatable bonds is 2. The average molecular weight is 444 g/mol. The minimum atomic E-state index is 1.23. The van der Waals surface area contributed by atoms with E-state index in [1.807, 2.05) is 0 Å². The molecule has 8 rings (SSSR count). The molecule has 0 unspecified atom stereocenters. The Bertz CT molecular complexity index is 1910. The molecule has 0 fully saturated rings. The lowest BCUT2D eigenvalue weighted by Gasteiger charge is -2.13. The normalized spacial score (nSPS) is 12.0. The van der Waals surface area contributed by atoms with Gasteiger partial charge in [-0.2, -0.15) is 0 Å². The molecule has 1 heteroatoms. The van der Waals surface area contributed by atoms with E-state index in [0.717, 1.165) is 0 Å². The molecule has 0 saturated heterocycles. The quantitative estimate of drug-likeness (QED) is 0.251. The van der Waals surface area contributed by atoms with Crippen LogP contribution in [0.4, 0.5) is 0 Å². The Morgan fingerprint density at radius 3 is 1.89 bits per heavy atom. The van der Waals surface area contributed by atoms with E-state index in [1.54, 1.807) is 0 Å². The first-order valence-corrected chi connectivity index (χ1v) is 12.1. The van der Waals surface area contributed by atoms with Crippen LogP contribution < -0.4 is 0 Å². The van der Waals surface area contributed by atoms with Crippen LogP contribution in [0.2, 0.25) is 0 Å². The smallest absolute Gasteiger partial charge is 0.0541 e. The van der Waals surface area contributed by atoms with Crippen LogP contribution in [-0.2, 0) is 0 Å². The summed E-state index contributed by atoms with van der Waals surface area (Å²) >= 11 is 0. The molecule has 0 saturated carbocycles. The lowest BCUT2D eigenvalue weighted by molar-refractivity contribution is 1.20. The van der Waals surface area contributed by atoms with E-state index >= 15 is 0 Å². The fourth-order valence-electron chi connectivity index (χ4n) is 6.03. The molecule has 0 atom stereocenters. The molecule has 0 radical (unpaired) electrons. The highest BCUT2D eigenvalue weighted by Crippen LogP contribution is 2.49. The summed E-state index contributed by atoms with van der Waals surface area (Å²) in [6, 6.07) is 46.5. The predicted molar refractivity (Wildman–Crippen MR) is 148 cm³/mol. The minimum absolute atomic E-state index is 1.23. The Balaban J connectivity index is 1.46. The van der Waals surface area contributed by atoms with Gasteiger partial charge in [0.05, 0.1) is 16.7 Å². The van der Waals surface area contributed by atoms with Crippen molar-refractivity contribution < 1.29 is 0 Å². The number of aromatic nitrogens is 1. The summed E-state index contributed by atoms with van der Waals surface area (Å²) in [4.78, 5) is 0. The molecule has 35 heavy (non-hydrogen) atoms. The highest BCUT2D eigenvalue weighted by Gasteiger charge is 2.23. The largest absolute Gasteiger partial charge is 0.309 e. The van der Waals surface area contributed by atoms with Crippen molar-refractivity contribution in [2.75, 3.05) is 0 Å². The molecule has 1 aromatic heterocycles. The van der Waals surface area contributed by atoms with Gasteiger partial charge in [-0.25, -0.2) is 0 Å². The maximum Gasteiger partial charge on any atom is 0.0541 e. The van der Waals surface area contributed by atoms with Gasteiger partial charge >= 0.3 is 0 Å². The van der Waals surface area contributed by atoms with E-state index in [0.29, 0.717) is 0 Å². The summed E-state index contributed by atoms with van der Waals surface area (Å²) in [6.45, 7) is 0. The van der Waals surface area contributed by atoms with Crippen molar-refractivity contribution in [1.29, 1.82) is 0 Å². The van der Waals surface area contributed by atoms with Gasteiger partial charge in [-0.15, -0.1) is 0 Å². The van der Waals surface area contributed by atoms with Crippen LogP contribution in [0.3, 0.4) is 0 Å².